The van der Waals surface area contributed by atoms with E-state index in [1.54, 1.807) is 12.2 Å². The Hall–Kier alpha value is -2.41. The highest BCUT2D eigenvalue weighted by Gasteiger charge is 2.34. The first-order valence-electron chi connectivity index (χ1n) is 6.52. The molecule has 116 valence electrons. The first-order chi connectivity index (χ1) is 10.4. The van der Waals surface area contributed by atoms with E-state index in [0.29, 0.717) is 0 Å². The minimum absolute atomic E-state index is 0.00177. The summed E-state index contributed by atoms with van der Waals surface area (Å²) in [6.45, 7) is 0. The molecule has 1 aromatic rings. The monoisotopic (exact) mass is 324 g/mol. The van der Waals surface area contributed by atoms with E-state index in [2.05, 4.69) is 5.32 Å². The SMILES string of the molecule is O=C(O)[C@H]1CC=CC[C@H]1C(=O)Nc1ccc(Cl)cc1[N+](=O)[O-]. The molecule has 1 aliphatic rings. The van der Waals surface area contributed by atoms with E-state index in [0.717, 1.165) is 6.07 Å². The average Bonchev–Trinajstić information content (AvgIpc) is 2.48. The Morgan fingerprint density at radius 1 is 1.27 bits per heavy atom. The third-order valence-electron chi connectivity index (χ3n) is 3.50. The van der Waals surface area contributed by atoms with Gasteiger partial charge in [0.2, 0.25) is 5.91 Å². The number of hydrogen-bond acceptors (Lipinski definition) is 4. The van der Waals surface area contributed by atoms with Crippen LogP contribution < -0.4 is 5.32 Å². The van der Waals surface area contributed by atoms with E-state index in [-0.39, 0.29) is 29.2 Å². The zero-order valence-corrected chi connectivity index (χ0v) is 12.1. The zero-order valence-electron chi connectivity index (χ0n) is 11.4. The summed E-state index contributed by atoms with van der Waals surface area (Å²) in [4.78, 5) is 33.8. The number of rotatable bonds is 4. The van der Waals surface area contributed by atoms with Gasteiger partial charge in [-0.15, -0.1) is 0 Å². The van der Waals surface area contributed by atoms with Crippen LogP contribution in [0.1, 0.15) is 12.8 Å². The van der Waals surface area contributed by atoms with Gasteiger partial charge >= 0.3 is 5.97 Å². The number of amides is 1. The van der Waals surface area contributed by atoms with Crippen molar-refractivity contribution in [3.8, 4) is 0 Å². The van der Waals surface area contributed by atoms with Gasteiger partial charge in [-0.3, -0.25) is 19.7 Å². The topological polar surface area (TPSA) is 110 Å². The number of carboxylic acid groups (broad SMARTS) is 1. The summed E-state index contributed by atoms with van der Waals surface area (Å²) in [7, 11) is 0. The predicted molar refractivity (Wildman–Crippen MR) is 79.7 cm³/mol. The minimum Gasteiger partial charge on any atom is -0.481 e. The van der Waals surface area contributed by atoms with Crippen molar-refractivity contribution in [2.45, 2.75) is 12.8 Å². The van der Waals surface area contributed by atoms with Gasteiger partial charge in [-0.2, -0.15) is 0 Å². The molecule has 0 saturated heterocycles. The summed E-state index contributed by atoms with van der Waals surface area (Å²) in [5.41, 5.74) is -0.336. The zero-order chi connectivity index (χ0) is 16.3. The van der Waals surface area contributed by atoms with Gasteiger partial charge in [-0.25, -0.2) is 0 Å². The highest BCUT2D eigenvalue weighted by molar-refractivity contribution is 6.31. The number of carboxylic acids is 1. The summed E-state index contributed by atoms with van der Waals surface area (Å²) in [5.74, 6) is -3.22. The van der Waals surface area contributed by atoms with Gasteiger partial charge in [-0.05, 0) is 25.0 Å². The number of allylic oxidation sites excluding steroid dienone is 2. The number of carbonyl (C=O) groups excluding carboxylic acids is 1. The van der Waals surface area contributed by atoms with Gasteiger partial charge in [0.25, 0.3) is 5.69 Å². The third kappa shape index (κ3) is 3.43. The van der Waals surface area contributed by atoms with Crippen molar-refractivity contribution >= 4 is 34.9 Å². The van der Waals surface area contributed by atoms with E-state index in [4.69, 9.17) is 16.7 Å². The van der Waals surface area contributed by atoms with Crippen LogP contribution in [-0.4, -0.2) is 21.9 Å². The molecule has 0 saturated carbocycles. The maximum atomic E-state index is 12.3. The molecule has 2 N–H and O–H groups in total. The Labute approximate surface area is 130 Å². The number of nitro benzene ring substituents is 1. The molecule has 8 heteroatoms. The molecule has 0 aromatic heterocycles. The number of hydrogen-bond donors (Lipinski definition) is 2. The van der Waals surface area contributed by atoms with Crippen LogP contribution in [0.4, 0.5) is 11.4 Å². The second-order valence-corrected chi connectivity index (χ2v) is 5.34. The maximum Gasteiger partial charge on any atom is 0.307 e. The number of nitro groups is 1. The number of carbonyl (C=O) groups is 2. The van der Waals surface area contributed by atoms with E-state index >= 15 is 0 Å². The van der Waals surface area contributed by atoms with Crippen molar-refractivity contribution in [3.05, 3.63) is 45.5 Å². The van der Waals surface area contributed by atoms with Crippen LogP contribution >= 0.6 is 11.6 Å². The molecule has 2 atom stereocenters. The van der Waals surface area contributed by atoms with Crippen LogP contribution in [0.5, 0.6) is 0 Å². The molecule has 0 bridgehead atoms. The fourth-order valence-corrected chi connectivity index (χ4v) is 2.53. The third-order valence-corrected chi connectivity index (χ3v) is 3.74. The highest BCUT2D eigenvalue weighted by Crippen LogP contribution is 2.31. The smallest absolute Gasteiger partial charge is 0.307 e. The fraction of sp³-hybridized carbons (Fsp3) is 0.286. The Bertz CT molecular complexity index is 659. The predicted octanol–water partition coefficient (Wildman–Crippen LogP) is 2.85. The van der Waals surface area contributed by atoms with Crippen molar-refractivity contribution in [3.63, 3.8) is 0 Å². The van der Waals surface area contributed by atoms with E-state index in [1.807, 2.05) is 0 Å². The number of nitrogens with one attached hydrogen (secondary N) is 1. The van der Waals surface area contributed by atoms with Crippen LogP contribution in [0.25, 0.3) is 0 Å². The molecule has 1 amide bonds. The minimum atomic E-state index is -1.06. The van der Waals surface area contributed by atoms with Gasteiger partial charge in [0, 0.05) is 11.1 Å². The van der Waals surface area contributed by atoms with Crippen molar-refractivity contribution in [1.82, 2.24) is 0 Å². The lowest BCUT2D eigenvalue weighted by atomic mass is 9.82. The molecular formula is C14H13ClN2O5. The molecule has 1 aromatic carbocycles. The summed E-state index contributed by atoms with van der Waals surface area (Å²) >= 11 is 5.71. The number of anilines is 1. The lowest BCUT2D eigenvalue weighted by molar-refractivity contribution is -0.383. The highest BCUT2D eigenvalue weighted by atomic mass is 35.5. The van der Waals surface area contributed by atoms with Gasteiger partial charge in [0.1, 0.15) is 5.69 Å². The van der Waals surface area contributed by atoms with Crippen LogP contribution in [0.15, 0.2) is 30.4 Å². The average molecular weight is 325 g/mol. The summed E-state index contributed by atoms with van der Waals surface area (Å²) in [6, 6.07) is 3.87. The van der Waals surface area contributed by atoms with E-state index < -0.39 is 28.6 Å². The first-order valence-corrected chi connectivity index (χ1v) is 6.90. The summed E-state index contributed by atoms with van der Waals surface area (Å²) < 4.78 is 0. The Morgan fingerprint density at radius 2 is 1.91 bits per heavy atom. The molecular weight excluding hydrogens is 312 g/mol. The molecule has 0 fully saturated rings. The van der Waals surface area contributed by atoms with Crippen LogP contribution in [0.2, 0.25) is 5.02 Å². The normalized spacial score (nSPS) is 20.4. The molecule has 0 aliphatic heterocycles. The molecule has 0 spiro atoms. The lowest BCUT2D eigenvalue weighted by Crippen LogP contribution is -2.34. The second-order valence-electron chi connectivity index (χ2n) is 4.90. The number of aliphatic carboxylic acids is 1. The molecule has 1 aliphatic carbocycles. The largest absolute Gasteiger partial charge is 0.481 e. The van der Waals surface area contributed by atoms with Gasteiger partial charge in [0.15, 0.2) is 0 Å². The molecule has 0 heterocycles. The van der Waals surface area contributed by atoms with Gasteiger partial charge < -0.3 is 10.4 Å². The molecule has 0 unspecified atom stereocenters. The van der Waals surface area contributed by atoms with Crippen LogP contribution in [0.3, 0.4) is 0 Å². The van der Waals surface area contributed by atoms with Crippen molar-refractivity contribution in [1.29, 1.82) is 0 Å². The standard InChI is InChI=1S/C14H13ClN2O5/c15-8-5-6-11(12(7-8)17(21)22)16-13(18)9-3-1-2-4-10(9)14(19)20/h1-2,5-7,9-10H,3-4H2,(H,16,18)(H,19,20)/t9-,10+/m1/s1. The molecule has 2 rings (SSSR count). The van der Waals surface area contributed by atoms with Gasteiger partial charge in [-0.1, -0.05) is 23.8 Å². The first kappa shape index (κ1) is 16.0. The molecule has 0 radical (unpaired) electrons. The fourth-order valence-electron chi connectivity index (χ4n) is 2.36. The summed E-state index contributed by atoms with van der Waals surface area (Å²) in [6.07, 6.45) is 3.99. The number of nitrogens with zero attached hydrogens (tertiary/aromatic N) is 1. The van der Waals surface area contributed by atoms with E-state index in [1.165, 1.54) is 12.1 Å². The molecule has 22 heavy (non-hydrogen) atoms. The van der Waals surface area contributed by atoms with Crippen LogP contribution in [-0.2, 0) is 9.59 Å². The van der Waals surface area contributed by atoms with Crippen molar-refractivity contribution < 1.29 is 19.6 Å². The maximum absolute atomic E-state index is 12.3. The second kappa shape index (κ2) is 6.57. The van der Waals surface area contributed by atoms with Gasteiger partial charge in [0.05, 0.1) is 16.8 Å². The lowest BCUT2D eigenvalue weighted by Gasteiger charge is -2.24. The van der Waals surface area contributed by atoms with Crippen LogP contribution in [0, 0.1) is 22.0 Å². The number of benzene rings is 1. The molecule has 7 nitrogen and oxygen atoms in total. The Morgan fingerprint density at radius 3 is 2.50 bits per heavy atom. The van der Waals surface area contributed by atoms with E-state index in [9.17, 15) is 19.7 Å². The van der Waals surface area contributed by atoms with Crippen molar-refractivity contribution in [2.24, 2.45) is 11.8 Å². The summed E-state index contributed by atoms with van der Waals surface area (Å²) in [5, 5.41) is 22.8. The Balaban J connectivity index is 2.23. The number of halogens is 1. The Kier molecular flexibility index (Phi) is 4.77. The van der Waals surface area contributed by atoms with Crippen molar-refractivity contribution in [2.75, 3.05) is 5.32 Å². The quantitative estimate of drug-likeness (QED) is 0.502.